The molecule has 0 spiro atoms. The van der Waals surface area contributed by atoms with Gasteiger partial charge >= 0.3 is 0 Å². The standard InChI is InChI=1S/C26H31N5O2/c1-19-8-10-21(11-9-19)23-14-28-25(33-23)15-29-26(27-2)31-17-22-24(18-31)32-13-12-30(22)16-20-6-4-3-5-7-20/h3-11,14,22,24H,12-13,15-18H2,1-2H3,(H,27,29). The lowest BCUT2D eigenvalue weighted by molar-refractivity contribution is -0.0502. The Morgan fingerprint density at radius 1 is 1.12 bits per heavy atom. The van der Waals surface area contributed by atoms with Crippen molar-refractivity contribution >= 4 is 5.96 Å². The molecule has 2 atom stereocenters. The van der Waals surface area contributed by atoms with Crippen LogP contribution in [-0.4, -0.2) is 66.2 Å². The van der Waals surface area contributed by atoms with Gasteiger partial charge in [0.25, 0.3) is 0 Å². The Bertz CT molecular complexity index is 1080. The fraction of sp³-hybridized carbons (Fsp3) is 0.385. The van der Waals surface area contributed by atoms with Crippen LogP contribution in [0.3, 0.4) is 0 Å². The van der Waals surface area contributed by atoms with Gasteiger partial charge in [0.2, 0.25) is 5.89 Å². The second-order valence-corrected chi connectivity index (χ2v) is 8.72. The smallest absolute Gasteiger partial charge is 0.214 e. The molecule has 2 aromatic carbocycles. The lowest BCUT2D eigenvalue weighted by Gasteiger charge is -2.36. The van der Waals surface area contributed by atoms with Crippen LogP contribution in [0.25, 0.3) is 11.3 Å². The van der Waals surface area contributed by atoms with Gasteiger partial charge in [0.05, 0.1) is 31.5 Å². The molecule has 2 saturated heterocycles. The van der Waals surface area contributed by atoms with E-state index in [1.165, 1.54) is 11.1 Å². The van der Waals surface area contributed by atoms with Crippen LogP contribution < -0.4 is 5.32 Å². The fourth-order valence-corrected chi connectivity index (χ4v) is 4.68. The molecule has 7 heteroatoms. The lowest BCUT2D eigenvalue weighted by atomic mass is 10.1. The van der Waals surface area contributed by atoms with Gasteiger partial charge in [0, 0.05) is 38.8 Å². The predicted molar refractivity (Wildman–Crippen MR) is 129 cm³/mol. The van der Waals surface area contributed by atoms with E-state index in [1.54, 1.807) is 6.20 Å². The van der Waals surface area contributed by atoms with E-state index in [1.807, 2.05) is 7.05 Å². The Balaban J connectivity index is 1.20. The summed E-state index contributed by atoms with van der Waals surface area (Å²) in [6, 6.07) is 19.3. The summed E-state index contributed by atoms with van der Waals surface area (Å²) in [5.41, 5.74) is 3.59. The van der Waals surface area contributed by atoms with Crippen molar-refractivity contribution in [3.05, 3.63) is 77.8 Å². The predicted octanol–water partition coefficient (Wildman–Crippen LogP) is 3.31. The molecule has 172 valence electrons. The van der Waals surface area contributed by atoms with E-state index in [0.717, 1.165) is 50.1 Å². The lowest BCUT2D eigenvalue weighted by Crippen LogP contribution is -2.50. The van der Waals surface area contributed by atoms with Crippen LogP contribution in [-0.2, 0) is 17.8 Å². The number of aromatic nitrogens is 1. The number of nitrogens with one attached hydrogen (secondary N) is 1. The molecular formula is C26H31N5O2. The van der Waals surface area contributed by atoms with Crippen LogP contribution in [0, 0.1) is 6.92 Å². The fourth-order valence-electron chi connectivity index (χ4n) is 4.68. The van der Waals surface area contributed by atoms with E-state index in [0.29, 0.717) is 18.5 Å². The van der Waals surface area contributed by atoms with Crippen molar-refractivity contribution in [3.63, 3.8) is 0 Å². The summed E-state index contributed by atoms with van der Waals surface area (Å²) >= 11 is 0. The van der Waals surface area contributed by atoms with Crippen LogP contribution >= 0.6 is 0 Å². The maximum atomic E-state index is 6.12. The molecule has 0 aliphatic carbocycles. The summed E-state index contributed by atoms with van der Waals surface area (Å²) in [5, 5.41) is 3.42. The normalized spacial score (nSPS) is 21.3. The van der Waals surface area contributed by atoms with Gasteiger partial charge in [0.15, 0.2) is 11.7 Å². The van der Waals surface area contributed by atoms with E-state index in [2.05, 4.69) is 86.6 Å². The third-order valence-electron chi connectivity index (χ3n) is 6.44. The van der Waals surface area contributed by atoms with Crippen LogP contribution in [0.4, 0.5) is 0 Å². The van der Waals surface area contributed by atoms with Crippen LogP contribution in [0.5, 0.6) is 0 Å². The average molecular weight is 446 g/mol. The number of rotatable bonds is 5. The summed E-state index contributed by atoms with van der Waals surface area (Å²) in [6.07, 6.45) is 1.97. The third kappa shape index (κ3) is 4.94. The minimum atomic E-state index is 0.191. The number of guanidine groups is 1. The van der Waals surface area contributed by atoms with Crippen molar-refractivity contribution in [2.24, 2.45) is 4.99 Å². The Hall–Kier alpha value is -3.16. The van der Waals surface area contributed by atoms with E-state index in [-0.39, 0.29) is 6.10 Å². The molecule has 33 heavy (non-hydrogen) atoms. The van der Waals surface area contributed by atoms with E-state index in [9.17, 15) is 0 Å². The van der Waals surface area contributed by atoms with Crippen LogP contribution in [0.1, 0.15) is 17.0 Å². The number of benzene rings is 2. The Kier molecular flexibility index (Phi) is 6.41. The molecule has 3 aromatic rings. The number of hydrogen-bond donors (Lipinski definition) is 1. The molecule has 2 fully saturated rings. The van der Waals surface area contributed by atoms with E-state index in [4.69, 9.17) is 9.15 Å². The molecule has 2 unspecified atom stereocenters. The molecule has 0 bridgehead atoms. The largest absolute Gasteiger partial charge is 0.439 e. The summed E-state index contributed by atoms with van der Waals surface area (Å²) in [6.45, 7) is 6.95. The quantitative estimate of drug-likeness (QED) is 0.480. The zero-order chi connectivity index (χ0) is 22.6. The zero-order valence-electron chi connectivity index (χ0n) is 19.3. The molecule has 0 saturated carbocycles. The third-order valence-corrected chi connectivity index (χ3v) is 6.44. The highest BCUT2D eigenvalue weighted by molar-refractivity contribution is 5.80. The van der Waals surface area contributed by atoms with Crippen molar-refractivity contribution in [1.29, 1.82) is 0 Å². The summed E-state index contributed by atoms with van der Waals surface area (Å²) < 4.78 is 12.1. The van der Waals surface area contributed by atoms with E-state index < -0.39 is 0 Å². The number of likely N-dealkylation sites (tertiary alicyclic amines) is 1. The molecule has 2 aliphatic rings. The van der Waals surface area contributed by atoms with Gasteiger partial charge in [-0.25, -0.2) is 4.98 Å². The summed E-state index contributed by atoms with van der Waals surface area (Å²) in [7, 11) is 1.82. The second kappa shape index (κ2) is 9.77. The Labute approximate surface area is 195 Å². The highest BCUT2D eigenvalue weighted by atomic mass is 16.5. The molecule has 0 radical (unpaired) electrons. The van der Waals surface area contributed by atoms with Gasteiger partial charge in [-0.1, -0.05) is 60.2 Å². The number of oxazole rings is 1. The van der Waals surface area contributed by atoms with Gasteiger partial charge in [-0.15, -0.1) is 0 Å². The van der Waals surface area contributed by atoms with Crippen molar-refractivity contribution < 1.29 is 9.15 Å². The molecule has 7 nitrogen and oxygen atoms in total. The first-order valence-corrected chi connectivity index (χ1v) is 11.6. The number of morpholine rings is 1. The van der Waals surface area contributed by atoms with Crippen molar-refractivity contribution in [1.82, 2.24) is 20.1 Å². The number of nitrogens with zero attached hydrogens (tertiary/aromatic N) is 4. The number of ether oxygens (including phenoxy) is 1. The van der Waals surface area contributed by atoms with Crippen molar-refractivity contribution in [3.8, 4) is 11.3 Å². The number of aryl methyl sites for hydroxylation is 1. The summed E-state index contributed by atoms with van der Waals surface area (Å²) in [5.74, 6) is 2.27. The molecule has 1 aromatic heterocycles. The topological polar surface area (TPSA) is 66.1 Å². The maximum Gasteiger partial charge on any atom is 0.214 e. The highest BCUT2D eigenvalue weighted by Gasteiger charge is 2.41. The molecule has 1 N–H and O–H groups in total. The highest BCUT2D eigenvalue weighted by Crippen LogP contribution is 2.25. The molecule has 2 aliphatic heterocycles. The number of aliphatic imine (C=N–C) groups is 1. The van der Waals surface area contributed by atoms with Gasteiger partial charge in [-0.3, -0.25) is 9.89 Å². The van der Waals surface area contributed by atoms with Crippen LogP contribution in [0.2, 0.25) is 0 Å². The maximum absolute atomic E-state index is 6.12. The van der Waals surface area contributed by atoms with Crippen molar-refractivity contribution in [2.75, 3.05) is 33.3 Å². The summed E-state index contributed by atoms with van der Waals surface area (Å²) in [4.78, 5) is 13.8. The van der Waals surface area contributed by atoms with Crippen molar-refractivity contribution in [2.45, 2.75) is 32.2 Å². The van der Waals surface area contributed by atoms with Gasteiger partial charge in [-0.05, 0) is 12.5 Å². The van der Waals surface area contributed by atoms with Gasteiger partial charge < -0.3 is 19.4 Å². The number of hydrogen-bond acceptors (Lipinski definition) is 5. The first-order chi connectivity index (χ1) is 16.2. The molecule has 0 amide bonds. The van der Waals surface area contributed by atoms with Crippen LogP contribution in [0.15, 0.2) is 70.2 Å². The zero-order valence-corrected chi connectivity index (χ0v) is 19.3. The second-order valence-electron chi connectivity index (χ2n) is 8.72. The first-order valence-electron chi connectivity index (χ1n) is 11.6. The minimum absolute atomic E-state index is 0.191. The SMILES string of the molecule is CN=C(NCc1ncc(-c2ccc(C)cc2)o1)N1CC2OCCN(Cc3ccccc3)C2C1. The van der Waals surface area contributed by atoms with Gasteiger partial charge in [0.1, 0.15) is 0 Å². The molecular weight excluding hydrogens is 414 g/mol. The average Bonchev–Trinajstić information content (AvgIpc) is 3.49. The molecule has 3 heterocycles. The minimum Gasteiger partial charge on any atom is -0.439 e. The monoisotopic (exact) mass is 445 g/mol. The number of fused-ring (bicyclic) bond motifs is 1. The first kappa shape index (κ1) is 21.7. The molecule has 5 rings (SSSR count). The van der Waals surface area contributed by atoms with E-state index >= 15 is 0 Å². The Morgan fingerprint density at radius 3 is 2.73 bits per heavy atom. The van der Waals surface area contributed by atoms with Gasteiger partial charge in [-0.2, -0.15) is 0 Å². The Morgan fingerprint density at radius 2 is 1.94 bits per heavy atom.